The first kappa shape index (κ1) is 15.5. The van der Waals surface area contributed by atoms with Crippen LogP contribution in [0, 0.1) is 5.92 Å². The molecule has 1 aromatic rings. The van der Waals surface area contributed by atoms with Crippen molar-refractivity contribution in [2.75, 3.05) is 24.5 Å². The first-order valence-corrected chi connectivity index (χ1v) is 8.32. The minimum Gasteiger partial charge on any atom is -0.312 e. The van der Waals surface area contributed by atoms with Gasteiger partial charge in [-0.25, -0.2) is 0 Å². The lowest BCUT2D eigenvalue weighted by Crippen LogP contribution is -2.35. The second kappa shape index (κ2) is 7.22. The van der Waals surface area contributed by atoms with E-state index in [2.05, 4.69) is 41.3 Å². The Bertz CT molecular complexity index is 519. The minimum atomic E-state index is 0.258. The Morgan fingerprint density at radius 1 is 1.36 bits per heavy atom. The van der Waals surface area contributed by atoms with Crippen LogP contribution in [0.5, 0.6) is 0 Å². The van der Waals surface area contributed by atoms with E-state index in [-0.39, 0.29) is 5.91 Å². The van der Waals surface area contributed by atoms with E-state index in [1.54, 1.807) is 0 Å². The highest BCUT2D eigenvalue weighted by atomic mass is 16.2. The summed E-state index contributed by atoms with van der Waals surface area (Å²) < 4.78 is 0. The van der Waals surface area contributed by atoms with Gasteiger partial charge in [0.05, 0.1) is 0 Å². The molecule has 0 bridgehead atoms. The lowest BCUT2D eigenvalue weighted by Gasteiger charge is -2.27. The molecular weight excluding hydrogens is 276 g/mol. The highest BCUT2D eigenvalue weighted by Crippen LogP contribution is 2.21. The summed E-state index contributed by atoms with van der Waals surface area (Å²) in [5.41, 5.74) is 8.72. The van der Waals surface area contributed by atoms with E-state index in [0.29, 0.717) is 18.4 Å². The van der Waals surface area contributed by atoms with Crippen LogP contribution >= 0.6 is 0 Å². The van der Waals surface area contributed by atoms with Crippen LogP contribution in [0.2, 0.25) is 0 Å². The summed E-state index contributed by atoms with van der Waals surface area (Å²) in [4.78, 5) is 14.0. The molecule has 2 atom stereocenters. The molecule has 0 spiro atoms. The zero-order valence-electron chi connectivity index (χ0n) is 13.3. The number of nitrogens with zero attached hydrogens (tertiary/aromatic N) is 1. The largest absolute Gasteiger partial charge is 0.312 e. The van der Waals surface area contributed by atoms with Crippen LogP contribution in [-0.4, -0.2) is 31.6 Å². The summed E-state index contributed by atoms with van der Waals surface area (Å²) in [6.45, 7) is 5.91. The summed E-state index contributed by atoms with van der Waals surface area (Å²) in [6.07, 6.45) is 2.81. The molecule has 2 unspecified atom stereocenters. The number of piperidine rings is 1. The first-order valence-electron chi connectivity index (χ1n) is 8.32. The van der Waals surface area contributed by atoms with Crippen molar-refractivity contribution in [3.05, 3.63) is 29.8 Å². The quantitative estimate of drug-likeness (QED) is 0.770. The molecule has 2 aliphatic rings. The molecule has 3 rings (SSSR count). The maximum Gasteiger partial charge on any atom is 0.226 e. The third kappa shape index (κ3) is 3.66. The third-order valence-electron chi connectivity index (χ3n) is 4.68. The Morgan fingerprint density at radius 3 is 3.05 bits per heavy atom. The Kier molecular flexibility index (Phi) is 5.08. The van der Waals surface area contributed by atoms with E-state index >= 15 is 0 Å². The molecule has 0 aliphatic carbocycles. The third-order valence-corrected chi connectivity index (χ3v) is 4.68. The molecular formula is C17H26N4O. The predicted octanol–water partition coefficient (Wildman–Crippen LogP) is 1.41. The molecule has 2 heterocycles. The molecule has 2 fully saturated rings. The monoisotopic (exact) mass is 302 g/mol. The zero-order valence-corrected chi connectivity index (χ0v) is 13.3. The molecule has 0 aromatic heterocycles. The number of rotatable bonds is 5. The van der Waals surface area contributed by atoms with Crippen molar-refractivity contribution in [3.63, 3.8) is 0 Å². The molecule has 3 N–H and O–H groups in total. The lowest BCUT2D eigenvalue weighted by molar-refractivity contribution is -0.119. The van der Waals surface area contributed by atoms with Crippen LogP contribution in [0.3, 0.4) is 0 Å². The topological polar surface area (TPSA) is 56.4 Å². The second-order valence-electron chi connectivity index (χ2n) is 6.38. The molecule has 0 radical (unpaired) electrons. The van der Waals surface area contributed by atoms with E-state index in [1.165, 1.54) is 5.56 Å². The number of carbonyl (C=O) groups is 1. The maximum atomic E-state index is 12.0. The molecule has 2 aliphatic heterocycles. The number of nitrogens with one attached hydrogen (secondary N) is 3. The van der Waals surface area contributed by atoms with Gasteiger partial charge in [0.25, 0.3) is 0 Å². The van der Waals surface area contributed by atoms with Crippen LogP contribution in [0.15, 0.2) is 24.3 Å². The molecule has 5 heteroatoms. The predicted molar refractivity (Wildman–Crippen MR) is 88.4 cm³/mol. The summed E-state index contributed by atoms with van der Waals surface area (Å²) in [6, 6.07) is 8.87. The molecule has 120 valence electrons. The number of amides is 1. The average molecular weight is 302 g/mol. The van der Waals surface area contributed by atoms with Crippen molar-refractivity contribution in [2.45, 2.75) is 38.8 Å². The van der Waals surface area contributed by atoms with E-state index in [9.17, 15) is 4.79 Å². The van der Waals surface area contributed by atoms with Gasteiger partial charge in [-0.3, -0.25) is 15.6 Å². The number of carbonyl (C=O) groups excluding carboxylic acids is 1. The van der Waals surface area contributed by atoms with Crippen molar-refractivity contribution in [1.82, 2.24) is 16.2 Å². The van der Waals surface area contributed by atoms with Gasteiger partial charge in [0, 0.05) is 50.2 Å². The van der Waals surface area contributed by atoms with Crippen molar-refractivity contribution in [2.24, 2.45) is 5.92 Å². The average Bonchev–Trinajstić information content (AvgIpc) is 2.93. The number of anilines is 1. The SMILES string of the molecule is CC1NNCC1CNCc1cccc(N2CCCCC2=O)c1. The van der Waals surface area contributed by atoms with Crippen molar-refractivity contribution < 1.29 is 4.79 Å². The highest BCUT2D eigenvalue weighted by Gasteiger charge is 2.22. The van der Waals surface area contributed by atoms with Gasteiger partial charge in [0.1, 0.15) is 0 Å². The van der Waals surface area contributed by atoms with Gasteiger partial charge in [-0.15, -0.1) is 0 Å². The molecule has 22 heavy (non-hydrogen) atoms. The summed E-state index contributed by atoms with van der Waals surface area (Å²) in [5.74, 6) is 0.875. The molecule has 2 saturated heterocycles. The fourth-order valence-corrected chi connectivity index (χ4v) is 3.21. The Labute approximate surface area is 132 Å². The van der Waals surface area contributed by atoms with Gasteiger partial charge in [-0.1, -0.05) is 12.1 Å². The summed E-state index contributed by atoms with van der Waals surface area (Å²) in [7, 11) is 0. The van der Waals surface area contributed by atoms with Gasteiger partial charge in [0.15, 0.2) is 0 Å². The number of hydrogen-bond acceptors (Lipinski definition) is 4. The smallest absolute Gasteiger partial charge is 0.226 e. The number of hydrazine groups is 1. The molecule has 1 aromatic carbocycles. The van der Waals surface area contributed by atoms with Gasteiger partial charge in [-0.2, -0.15) is 0 Å². The van der Waals surface area contributed by atoms with Crippen LogP contribution < -0.4 is 21.1 Å². The summed E-state index contributed by atoms with van der Waals surface area (Å²) >= 11 is 0. The molecule has 5 nitrogen and oxygen atoms in total. The Balaban J connectivity index is 1.55. The van der Waals surface area contributed by atoms with E-state index in [0.717, 1.165) is 44.7 Å². The van der Waals surface area contributed by atoms with Crippen LogP contribution in [0.25, 0.3) is 0 Å². The van der Waals surface area contributed by atoms with Gasteiger partial charge >= 0.3 is 0 Å². The molecule has 0 saturated carbocycles. The van der Waals surface area contributed by atoms with E-state index < -0.39 is 0 Å². The van der Waals surface area contributed by atoms with Crippen molar-refractivity contribution >= 4 is 11.6 Å². The van der Waals surface area contributed by atoms with Crippen LogP contribution in [-0.2, 0) is 11.3 Å². The lowest BCUT2D eigenvalue weighted by atomic mass is 10.0. The normalized spacial score (nSPS) is 25.7. The Hall–Kier alpha value is -1.43. The van der Waals surface area contributed by atoms with Crippen molar-refractivity contribution in [1.29, 1.82) is 0 Å². The fourth-order valence-electron chi connectivity index (χ4n) is 3.21. The first-order chi connectivity index (χ1) is 10.7. The minimum absolute atomic E-state index is 0.258. The maximum absolute atomic E-state index is 12.0. The standard InChI is InChI=1S/C17H26N4O/c1-13-15(12-19-20-13)11-18-10-14-5-4-6-16(9-14)21-8-3-2-7-17(21)22/h4-6,9,13,15,18-20H,2-3,7-8,10-12H2,1H3. The fraction of sp³-hybridized carbons (Fsp3) is 0.588. The molecule has 1 amide bonds. The van der Waals surface area contributed by atoms with E-state index in [1.807, 2.05) is 11.0 Å². The number of hydrogen-bond donors (Lipinski definition) is 3. The second-order valence-corrected chi connectivity index (χ2v) is 6.38. The van der Waals surface area contributed by atoms with Gasteiger partial charge in [0.2, 0.25) is 5.91 Å². The summed E-state index contributed by atoms with van der Waals surface area (Å²) in [5, 5.41) is 3.53. The zero-order chi connectivity index (χ0) is 15.4. The van der Waals surface area contributed by atoms with Crippen molar-refractivity contribution in [3.8, 4) is 0 Å². The Morgan fingerprint density at radius 2 is 2.27 bits per heavy atom. The van der Waals surface area contributed by atoms with Gasteiger partial charge in [-0.05, 0) is 37.5 Å². The highest BCUT2D eigenvalue weighted by molar-refractivity contribution is 5.94. The number of benzene rings is 1. The van der Waals surface area contributed by atoms with Crippen LogP contribution in [0.1, 0.15) is 31.7 Å². The van der Waals surface area contributed by atoms with Crippen LogP contribution in [0.4, 0.5) is 5.69 Å². The van der Waals surface area contributed by atoms with E-state index in [4.69, 9.17) is 0 Å². The van der Waals surface area contributed by atoms with Gasteiger partial charge < -0.3 is 10.2 Å².